The summed E-state index contributed by atoms with van der Waals surface area (Å²) < 4.78 is 5.27. The Morgan fingerprint density at radius 2 is 1.91 bits per heavy atom. The molecule has 0 heterocycles. The van der Waals surface area contributed by atoms with E-state index in [4.69, 9.17) is 4.74 Å². The number of nitro groups is 1. The number of ether oxygens (including phenoxy) is 1. The molecule has 6 nitrogen and oxygen atoms in total. The summed E-state index contributed by atoms with van der Waals surface area (Å²) in [5.41, 5.74) is 0.243. The number of carbonyl (C=O) groups excluding carboxylic acids is 2. The number of para-hydroxylation sites is 1. The highest BCUT2D eigenvalue weighted by Gasteiger charge is 2.19. The van der Waals surface area contributed by atoms with Crippen LogP contribution < -0.4 is 0 Å². The van der Waals surface area contributed by atoms with Crippen molar-refractivity contribution >= 4 is 23.5 Å². The van der Waals surface area contributed by atoms with Gasteiger partial charge in [0.2, 0.25) is 0 Å². The lowest BCUT2D eigenvalue weighted by atomic mass is 9.98. The molecule has 0 unspecified atom stereocenters. The third kappa shape index (κ3) is 5.32. The third-order valence-corrected chi connectivity index (χ3v) is 3.75. The number of carbonyl (C=O) groups is 2. The van der Waals surface area contributed by atoms with Crippen LogP contribution in [0.15, 0.2) is 30.3 Å². The summed E-state index contributed by atoms with van der Waals surface area (Å²) >= 11 is 0. The fourth-order valence-electron chi connectivity index (χ4n) is 2.59. The molecule has 1 aliphatic carbocycles. The number of benzene rings is 1. The number of esters is 1. The van der Waals surface area contributed by atoms with E-state index in [2.05, 4.69) is 0 Å². The van der Waals surface area contributed by atoms with E-state index in [1.807, 2.05) is 0 Å². The molecule has 6 heteroatoms. The number of ketones is 1. The predicted octanol–water partition coefficient (Wildman–Crippen LogP) is 3.44. The van der Waals surface area contributed by atoms with Crippen molar-refractivity contribution in [1.29, 1.82) is 0 Å². The molecule has 0 N–H and O–H groups in total. The van der Waals surface area contributed by atoms with Crippen molar-refractivity contribution < 1.29 is 19.2 Å². The summed E-state index contributed by atoms with van der Waals surface area (Å²) in [4.78, 5) is 33.9. The van der Waals surface area contributed by atoms with Gasteiger partial charge in [-0.05, 0) is 43.9 Å². The van der Waals surface area contributed by atoms with Gasteiger partial charge in [0.25, 0.3) is 5.69 Å². The smallest absolute Gasteiger partial charge is 0.313 e. The Balaban J connectivity index is 1.89. The molecular weight excluding hydrogens is 298 g/mol. The summed E-state index contributed by atoms with van der Waals surface area (Å²) in [6.07, 6.45) is 7.08. The number of nitrogens with zero attached hydrogens (tertiary/aromatic N) is 1. The maximum atomic E-state index is 11.8. The van der Waals surface area contributed by atoms with Crippen molar-refractivity contribution in [2.75, 3.05) is 0 Å². The molecule has 0 saturated heterocycles. The van der Waals surface area contributed by atoms with E-state index in [1.165, 1.54) is 18.2 Å². The highest BCUT2D eigenvalue weighted by Crippen LogP contribution is 2.21. The van der Waals surface area contributed by atoms with Crippen LogP contribution in [0.3, 0.4) is 0 Å². The standard InChI is InChI=1S/C17H19NO5/c19-14(12-17(20)23-15-7-2-1-3-8-15)11-10-13-6-4-5-9-16(13)18(21)22/h4-6,9-11,15H,1-3,7-8,12H2. The first-order valence-electron chi connectivity index (χ1n) is 7.70. The van der Waals surface area contributed by atoms with E-state index in [0.29, 0.717) is 5.56 Å². The zero-order valence-electron chi connectivity index (χ0n) is 12.8. The summed E-state index contributed by atoms with van der Waals surface area (Å²) in [6.45, 7) is 0. The molecule has 0 amide bonds. The van der Waals surface area contributed by atoms with Crippen molar-refractivity contribution in [3.63, 3.8) is 0 Å². The SMILES string of the molecule is O=C(C=Cc1ccccc1[N+](=O)[O-])CC(=O)OC1CCCCC1. The molecule has 0 aliphatic heterocycles. The first-order chi connectivity index (χ1) is 11.1. The molecule has 122 valence electrons. The molecule has 0 aromatic heterocycles. The second-order valence-electron chi connectivity index (χ2n) is 5.54. The van der Waals surface area contributed by atoms with E-state index in [0.717, 1.165) is 32.1 Å². The minimum Gasteiger partial charge on any atom is -0.462 e. The Labute approximate surface area is 134 Å². The van der Waals surface area contributed by atoms with Crippen molar-refractivity contribution in [2.45, 2.75) is 44.6 Å². The molecule has 0 atom stereocenters. The van der Waals surface area contributed by atoms with Gasteiger partial charge in [-0.3, -0.25) is 19.7 Å². The van der Waals surface area contributed by atoms with Crippen LogP contribution in [-0.4, -0.2) is 22.8 Å². The number of rotatable bonds is 6. The van der Waals surface area contributed by atoms with Gasteiger partial charge < -0.3 is 4.74 Å². The maximum absolute atomic E-state index is 11.8. The molecule has 1 aromatic rings. The number of hydrogen-bond donors (Lipinski definition) is 0. The van der Waals surface area contributed by atoms with Gasteiger partial charge in [0.05, 0.1) is 10.5 Å². The van der Waals surface area contributed by atoms with Crippen LogP contribution in [0.1, 0.15) is 44.1 Å². The topological polar surface area (TPSA) is 86.5 Å². The zero-order chi connectivity index (χ0) is 16.7. The van der Waals surface area contributed by atoms with Gasteiger partial charge in [-0.25, -0.2) is 0 Å². The van der Waals surface area contributed by atoms with Crippen LogP contribution in [0.2, 0.25) is 0 Å². The lowest BCUT2D eigenvalue weighted by molar-refractivity contribution is -0.385. The average Bonchev–Trinajstić information content (AvgIpc) is 2.54. The van der Waals surface area contributed by atoms with E-state index in [9.17, 15) is 19.7 Å². The molecule has 0 bridgehead atoms. The molecule has 1 fully saturated rings. The van der Waals surface area contributed by atoms with Crippen molar-refractivity contribution in [2.24, 2.45) is 0 Å². The second kappa shape index (κ2) is 8.22. The van der Waals surface area contributed by atoms with E-state index in [1.54, 1.807) is 18.2 Å². The van der Waals surface area contributed by atoms with Crippen LogP contribution in [0.25, 0.3) is 6.08 Å². The van der Waals surface area contributed by atoms with Crippen LogP contribution in [0.5, 0.6) is 0 Å². The zero-order valence-corrected chi connectivity index (χ0v) is 12.8. The first-order valence-corrected chi connectivity index (χ1v) is 7.70. The molecule has 1 aliphatic rings. The minimum absolute atomic E-state index is 0.0803. The first kappa shape index (κ1) is 16.9. The van der Waals surface area contributed by atoms with Crippen LogP contribution in [0.4, 0.5) is 5.69 Å². The Kier molecular flexibility index (Phi) is 6.02. The van der Waals surface area contributed by atoms with E-state index >= 15 is 0 Å². The Hall–Kier alpha value is -2.50. The van der Waals surface area contributed by atoms with Crippen LogP contribution in [0, 0.1) is 10.1 Å². The molecule has 0 radical (unpaired) electrons. The van der Waals surface area contributed by atoms with Crippen molar-refractivity contribution in [3.8, 4) is 0 Å². The molecule has 2 rings (SSSR count). The van der Waals surface area contributed by atoms with Gasteiger partial charge in [-0.1, -0.05) is 18.6 Å². The normalized spacial score (nSPS) is 15.5. The number of nitro benzene ring substituents is 1. The summed E-state index contributed by atoms with van der Waals surface area (Å²) in [6, 6.07) is 6.11. The third-order valence-electron chi connectivity index (χ3n) is 3.75. The largest absolute Gasteiger partial charge is 0.462 e. The van der Waals surface area contributed by atoms with Crippen molar-refractivity contribution in [3.05, 3.63) is 46.0 Å². The Bertz CT molecular complexity index is 617. The highest BCUT2D eigenvalue weighted by atomic mass is 16.6. The molecule has 1 aromatic carbocycles. The lowest BCUT2D eigenvalue weighted by Crippen LogP contribution is -2.22. The molecule has 0 spiro atoms. The van der Waals surface area contributed by atoms with Gasteiger partial charge in [0.15, 0.2) is 5.78 Å². The van der Waals surface area contributed by atoms with Crippen molar-refractivity contribution in [1.82, 2.24) is 0 Å². The van der Waals surface area contributed by atoms with E-state index < -0.39 is 16.7 Å². The number of hydrogen-bond acceptors (Lipinski definition) is 5. The van der Waals surface area contributed by atoms with Crippen LogP contribution in [-0.2, 0) is 14.3 Å². The maximum Gasteiger partial charge on any atom is 0.313 e. The quantitative estimate of drug-likeness (QED) is 0.264. The summed E-state index contributed by atoms with van der Waals surface area (Å²) in [7, 11) is 0. The summed E-state index contributed by atoms with van der Waals surface area (Å²) in [5.74, 6) is -0.960. The fourth-order valence-corrected chi connectivity index (χ4v) is 2.59. The highest BCUT2D eigenvalue weighted by molar-refractivity contribution is 6.04. The van der Waals surface area contributed by atoms with Gasteiger partial charge in [-0.15, -0.1) is 0 Å². The molecule has 23 heavy (non-hydrogen) atoms. The lowest BCUT2D eigenvalue weighted by Gasteiger charge is -2.21. The van der Waals surface area contributed by atoms with Gasteiger partial charge in [0, 0.05) is 6.07 Å². The second-order valence-corrected chi connectivity index (χ2v) is 5.54. The Morgan fingerprint density at radius 1 is 1.22 bits per heavy atom. The van der Waals surface area contributed by atoms with Crippen LogP contribution >= 0.6 is 0 Å². The van der Waals surface area contributed by atoms with Gasteiger partial charge >= 0.3 is 5.97 Å². The Morgan fingerprint density at radius 3 is 2.61 bits per heavy atom. The fraction of sp³-hybridized carbons (Fsp3) is 0.412. The minimum atomic E-state index is -0.533. The van der Waals surface area contributed by atoms with E-state index in [-0.39, 0.29) is 18.2 Å². The van der Waals surface area contributed by atoms with Gasteiger partial charge in [0.1, 0.15) is 12.5 Å². The number of allylic oxidation sites excluding steroid dienone is 1. The van der Waals surface area contributed by atoms with Gasteiger partial charge in [-0.2, -0.15) is 0 Å². The average molecular weight is 317 g/mol. The molecule has 1 saturated carbocycles. The molecular formula is C17H19NO5. The predicted molar refractivity (Wildman–Crippen MR) is 84.7 cm³/mol. The summed E-state index contributed by atoms with van der Waals surface area (Å²) in [5, 5.41) is 10.9. The monoisotopic (exact) mass is 317 g/mol.